The van der Waals surface area contributed by atoms with Crippen molar-refractivity contribution in [1.82, 2.24) is 14.7 Å². The number of nitrogens with two attached hydrogens (primary N) is 2. The molecule has 0 saturated carbocycles. The van der Waals surface area contributed by atoms with Crippen LogP contribution in [0, 0.1) is 20.2 Å². The van der Waals surface area contributed by atoms with Gasteiger partial charge >= 0.3 is 12.1 Å². The van der Waals surface area contributed by atoms with Crippen LogP contribution in [-0.4, -0.2) is 49.3 Å². The summed E-state index contributed by atoms with van der Waals surface area (Å²) in [6.45, 7) is 1.76. The number of carbonyl (C=O) groups excluding carboxylic acids is 2. The van der Waals surface area contributed by atoms with Crippen molar-refractivity contribution in [3.8, 4) is 16.9 Å². The molecule has 19 heteroatoms. The predicted molar refractivity (Wildman–Crippen MR) is 190 cm³/mol. The van der Waals surface area contributed by atoms with E-state index >= 15 is 0 Å². The summed E-state index contributed by atoms with van der Waals surface area (Å²) in [4.78, 5) is 58.9. The Morgan fingerprint density at radius 2 is 1.70 bits per heavy atom. The molecule has 0 radical (unpaired) electrons. The number of benzene rings is 3. The van der Waals surface area contributed by atoms with Crippen LogP contribution in [0.25, 0.3) is 11.1 Å². The first-order valence-corrected chi connectivity index (χ1v) is 16.6. The molecule has 0 spiro atoms. The van der Waals surface area contributed by atoms with Crippen molar-refractivity contribution in [3.05, 3.63) is 126 Å². The van der Waals surface area contributed by atoms with Gasteiger partial charge in [-0.1, -0.05) is 85.6 Å². The van der Waals surface area contributed by atoms with Gasteiger partial charge in [0.15, 0.2) is 11.0 Å². The molecule has 0 fully saturated rings. The van der Waals surface area contributed by atoms with Gasteiger partial charge in [-0.15, -0.1) is 30.4 Å². The van der Waals surface area contributed by atoms with Gasteiger partial charge in [-0.3, -0.25) is 4.79 Å². The highest BCUT2D eigenvalue weighted by atomic mass is 35.5. The second-order valence-electron chi connectivity index (χ2n) is 11.4. The summed E-state index contributed by atoms with van der Waals surface area (Å²) in [5, 5.41) is 23.6. The third-order valence-electron chi connectivity index (χ3n) is 7.60. The summed E-state index contributed by atoms with van der Waals surface area (Å²) in [6.07, 6.45) is 1.46. The highest BCUT2D eigenvalue weighted by Crippen LogP contribution is 2.26. The number of esters is 1. The van der Waals surface area contributed by atoms with E-state index in [2.05, 4.69) is 26.7 Å². The maximum atomic E-state index is 12.7. The van der Waals surface area contributed by atoms with Gasteiger partial charge in [0.05, 0.1) is 12.3 Å². The minimum Gasteiger partial charge on any atom is -0.459 e. The molecule has 0 aliphatic carbocycles. The SMILES string of the molecule is CCCCc1nc(Cl)c(COC(=O)CCCO[N+](=O)[O-])n1Cc1ccc(-c2ccccc2/C(N)=N/N(N)C(=O)Oc2cccc(CO[N+](=O)[O-])c2)cc1. The van der Waals surface area contributed by atoms with Crippen LogP contribution < -0.4 is 16.3 Å². The van der Waals surface area contributed by atoms with E-state index in [9.17, 15) is 29.8 Å². The minimum atomic E-state index is -1.06. The number of unbranched alkanes of at least 4 members (excludes halogenated alkanes) is 1. The highest BCUT2D eigenvalue weighted by Gasteiger charge is 2.19. The zero-order valence-corrected chi connectivity index (χ0v) is 29.3. The maximum absolute atomic E-state index is 12.7. The summed E-state index contributed by atoms with van der Waals surface area (Å²) in [7, 11) is 0. The number of hydrogen-bond acceptors (Lipinski definition) is 13. The van der Waals surface area contributed by atoms with Crippen molar-refractivity contribution in [2.75, 3.05) is 6.61 Å². The fourth-order valence-corrected chi connectivity index (χ4v) is 5.30. The highest BCUT2D eigenvalue weighted by molar-refractivity contribution is 6.30. The summed E-state index contributed by atoms with van der Waals surface area (Å²) in [5.41, 5.74) is 10.1. The quantitative estimate of drug-likeness (QED) is 0.0180. The molecule has 4 aromatic rings. The first kappa shape index (κ1) is 39.5. The molecule has 0 saturated heterocycles. The van der Waals surface area contributed by atoms with Gasteiger partial charge in [0.2, 0.25) is 0 Å². The monoisotopic (exact) mass is 752 g/mol. The molecular formula is C34H37ClN8O10. The number of ether oxygens (including phenoxy) is 2. The van der Waals surface area contributed by atoms with Gasteiger partial charge in [0, 0.05) is 24.9 Å². The van der Waals surface area contributed by atoms with Crippen molar-refractivity contribution in [2.45, 2.75) is 58.8 Å². The first-order chi connectivity index (χ1) is 25.4. The number of rotatable bonds is 19. The predicted octanol–water partition coefficient (Wildman–Crippen LogP) is 5.33. The summed E-state index contributed by atoms with van der Waals surface area (Å²) in [6, 6.07) is 20.7. The Morgan fingerprint density at radius 1 is 0.962 bits per heavy atom. The van der Waals surface area contributed by atoms with Gasteiger partial charge in [-0.05, 0) is 47.2 Å². The molecule has 1 heterocycles. The van der Waals surface area contributed by atoms with Crippen LogP contribution in [0.2, 0.25) is 5.15 Å². The lowest BCUT2D eigenvalue weighted by Gasteiger charge is -2.15. The van der Waals surface area contributed by atoms with Crippen molar-refractivity contribution in [1.29, 1.82) is 0 Å². The molecular weight excluding hydrogens is 716 g/mol. The van der Waals surface area contributed by atoms with E-state index in [0.29, 0.717) is 40.5 Å². The van der Waals surface area contributed by atoms with E-state index in [1.165, 1.54) is 18.2 Å². The minimum absolute atomic E-state index is 0.0608. The molecule has 280 valence electrons. The zero-order chi connectivity index (χ0) is 38.3. The number of hydrazone groups is 1. The molecule has 4 N–H and O–H groups in total. The third-order valence-corrected chi connectivity index (χ3v) is 7.90. The number of hydrazine groups is 1. The van der Waals surface area contributed by atoms with Crippen LogP contribution in [0.3, 0.4) is 0 Å². The number of aromatic nitrogens is 2. The normalized spacial score (nSPS) is 11.1. The average molecular weight is 753 g/mol. The topological polar surface area (TPSA) is 243 Å². The van der Waals surface area contributed by atoms with Crippen molar-refractivity contribution < 1.29 is 38.9 Å². The number of aryl methyl sites for hydroxylation is 1. The van der Waals surface area contributed by atoms with Crippen molar-refractivity contribution in [3.63, 3.8) is 0 Å². The zero-order valence-electron chi connectivity index (χ0n) is 28.6. The smallest absolute Gasteiger partial charge is 0.451 e. The molecule has 0 atom stereocenters. The molecule has 0 bridgehead atoms. The Kier molecular flexibility index (Phi) is 14.4. The van der Waals surface area contributed by atoms with Gasteiger partial charge in [0.25, 0.3) is 10.2 Å². The van der Waals surface area contributed by atoms with Gasteiger partial charge in [-0.2, -0.15) is 0 Å². The number of hydrogen-bond donors (Lipinski definition) is 2. The van der Waals surface area contributed by atoms with Gasteiger partial charge in [-0.25, -0.2) is 15.6 Å². The van der Waals surface area contributed by atoms with Crippen LogP contribution in [-0.2, 0) is 45.4 Å². The summed E-state index contributed by atoms with van der Waals surface area (Å²) < 4.78 is 12.6. The van der Waals surface area contributed by atoms with Gasteiger partial charge < -0.3 is 29.4 Å². The summed E-state index contributed by atoms with van der Waals surface area (Å²) >= 11 is 6.51. The van der Waals surface area contributed by atoms with Gasteiger partial charge in [0.1, 0.15) is 24.8 Å². The van der Waals surface area contributed by atoms with E-state index in [1.54, 1.807) is 18.2 Å². The number of imidazole rings is 1. The van der Waals surface area contributed by atoms with Crippen molar-refractivity contribution >= 4 is 29.5 Å². The van der Waals surface area contributed by atoms with Crippen molar-refractivity contribution in [2.24, 2.45) is 16.7 Å². The van der Waals surface area contributed by atoms with Crippen LogP contribution >= 0.6 is 11.6 Å². The molecule has 1 aromatic heterocycles. The number of carbonyl (C=O) groups is 2. The fourth-order valence-electron chi connectivity index (χ4n) is 5.05. The summed E-state index contributed by atoms with van der Waals surface area (Å²) in [5.74, 6) is 6.03. The Balaban J connectivity index is 1.47. The number of nitrogens with zero attached hydrogens (tertiary/aromatic N) is 6. The lowest BCUT2D eigenvalue weighted by Crippen LogP contribution is -2.37. The average Bonchev–Trinajstić information content (AvgIpc) is 3.43. The Morgan fingerprint density at radius 3 is 2.42 bits per heavy atom. The molecule has 0 aliphatic heterocycles. The van der Waals surface area contributed by atoms with Crippen LogP contribution in [0.4, 0.5) is 4.79 Å². The lowest BCUT2D eigenvalue weighted by atomic mass is 9.98. The fraction of sp³-hybridized carbons (Fsp3) is 0.294. The van der Waals surface area contributed by atoms with Crippen LogP contribution in [0.1, 0.15) is 60.8 Å². The molecule has 18 nitrogen and oxygen atoms in total. The molecule has 53 heavy (non-hydrogen) atoms. The third kappa shape index (κ3) is 11.9. The standard InChI is InChI=1S/C34H37ClN8O10/c1-2-3-12-30-38-32(35)29(22-50-31(44)13-7-18-51-42(46)47)40(30)20-23-14-16-25(17-15-23)27-10-4-5-11-28(27)33(36)39-41(37)34(45)53-26-9-6-8-24(19-26)21-52-43(48)49/h4-6,8-11,14-17,19H,2-3,7,12-13,18,20-22,37H2,1H3,(H2,36,39). The Hall–Kier alpha value is -6.27. The number of amides is 1. The van der Waals surface area contributed by atoms with Crippen LogP contribution in [0.5, 0.6) is 5.75 Å². The van der Waals surface area contributed by atoms with E-state index in [0.717, 1.165) is 29.8 Å². The molecule has 3 aromatic carbocycles. The van der Waals surface area contributed by atoms with Crippen LogP contribution in [0.15, 0.2) is 77.9 Å². The molecule has 1 amide bonds. The van der Waals surface area contributed by atoms with E-state index in [4.69, 9.17) is 32.7 Å². The Labute approximate surface area is 308 Å². The van der Waals surface area contributed by atoms with E-state index in [-0.39, 0.29) is 49.4 Å². The lowest BCUT2D eigenvalue weighted by molar-refractivity contribution is -0.763. The first-order valence-electron chi connectivity index (χ1n) is 16.3. The second-order valence-corrected chi connectivity index (χ2v) is 11.7. The number of amidine groups is 1. The maximum Gasteiger partial charge on any atom is 0.451 e. The largest absolute Gasteiger partial charge is 0.459 e. The number of halogens is 1. The van der Waals surface area contributed by atoms with E-state index in [1.807, 2.05) is 41.0 Å². The molecule has 0 unspecified atom stereocenters. The molecule has 4 rings (SSSR count). The Bertz CT molecular complexity index is 1940. The van der Waals surface area contributed by atoms with E-state index < -0.39 is 22.2 Å². The molecule has 0 aliphatic rings. The second kappa shape index (κ2) is 19.4.